The lowest BCUT2D eigenvalue weighted by Crippen LogP contribution is -2.42. The molecule has 11 heteroatoms. The SMILES string of the molecule is O=C(COCCN(C1CC1)S(=O)(=O)c1c(Cl)cc(Cl)cc1Cl)NC1CCC(C(c2ccccc2)N2CCCC2)CC1. The average molecular weight is 643 g/mol. The van der Waals surface area contributed by atoms with Crippen LogP contribution in [-0.2, 0) is 19.6 Å². The van der Waals surface area contributed by atoms with Gasteiger partial charge in [-0.3, -0.25) is 9.69 Å². The number of hydrogen-bond acceptors (Lipinski definition) is 5. The second-order valence-electron chi connectivity index (χ2n) is 11.4. The van der Waals surface area contributed by atoms with Gasteiger partial charge in [0.05, 0.1) is 16.7 Å². The van der Waals surface area contributed by atoms with Gasteiger partial charge in [-0.1, -0.05) is 65.1 Å². The third-order valence-electron chi connectivity index (χ3n) is 8.43. The van der Waals surface area contributed by atoms with Crippen LogP contribution in [0.25, 0.3) is 0 Å². The number of rotatable bonds is 12. The highest BCUT2D eigenvalue weighted by Gasteiger charge is 2.40. The van der Waals surface area contributed by atoms with Crippen LogP contribution in [0.4, 0.5) is 0 Å². The van der Waals surface area contributed by atoms with Gasteiger partial charge in [0.1, 0.15) is 11.5 Å². The zero-order valence-corrected chi connectivity index (χ0v) is 26.2. The van der Waals surface area contributed by atoms with Gasteiger partial charge in [0, 0.05) is 29.7 Å². The highest BCUT2D eigenvalue weighted by atomic mass is 35.5. The average Bonchev–Trinajstić information content (AvgIpc) is 3.62. The summed E-state index contributed by atoms with van der Waals surface area (Å²) in [4.78, 5) is 15.2. The zero-order valence-electron chi connectivity index (χ0n) is 23.1. The molecule has 2 aromatic carbocycles. The molecule has 1 unspecified atom stereocenters. The second kappa shape index (κ2) is 13.9. The molecule has 0 aromatic heterocycles. The topological polar surface area (TPSA) is 78.9 Å². The lowest BCUT2D eigenvalue weighted by Gasteiger charge is -2.39. The maximum absolute atomic E-state index is 13.4. The van der Waals surface area contributed by atoms with Crippen molar-refractivity contribution >= 4 is 50.7 Å². The highest BCUT2D eigenvalue weighted by molar-refractivity contribution is 7.89. The first kappa shape index (κ1) is 31.0. The summed E-state index contributed by atoms with van der Waals surface area (Å²) in [5.74, 6) is 0.412. The molecule has 1 N–H and O–H groups in total. The molecule has 2 aliphatic carbocycles. The van der Waals surface area contributed by atoms with Crippen molar-refractivity contribution in [2.75, 3.05) is 32.8 Å². The molecule has 1 aliphatic heterocycles. The van der Waals surface area contributed by atoms with Crippen LogP contribution in [0, 0.1) is 5.92 Å². The largest absolute Gasteiger partial charge is 0.370 e. The van der Waals surface area contributed by atoms with Crippen molar-refractivity contribution < 1.29 is 17.9 Å². The number of nitrogens with zero attached hydrogens (tertiary/aromatic N) is 2. The lowest BCUT2D eigenvalue weighted by atomic mass is 9.78. The number of likely N-dealkylation sites (tertiary alicyclic amines) is 1. The van der Waals surface area contributed by atoms with Crippen molar-refractivity contribution in [3.05, 3.63) is 63.1 Å². The molecule has 1 amide bonds. The number of carbonyl (C=O) groups excluding carboxylic acids is 1. The Morgan fingerprint density at radius 3 is 2.22 bits per heavy atom. The summed E-state index contributed by atoms with van der Waals surface area (Å²) in [5.41, 5.74) is 1.40. The van der Waals surface area contributed by atoms with Gasteiger partial charge in [-0.15, -0.1) is 0 Å². The fourth-order valence-corrected chi connectivity index (χ4v) is 9.54. The van der Waals surface area contributed by atoms with E-state index in [1.54, 1.807) is 0 Å². The third kappa shape index (κ3) is 7.77. The second-order valence-corrected chi connectivity index (χ2v) is 14.5. The molecule has 2 saturated carbocycles. The number of nitrogens with one attached hydrogen (secondary N) is 1. The summed E-state index contributed by atoms with van der Waals surface area (Å²) in [6, 6.07) is 14.0. The van der Waals surface area contributed by atoms with E-state index < -0.39 is 10.0 Å². The quantitative estimate of drug-likeness (QED) is 0.274. The maximum Gasteiger partial charge on any atom is 0.246 e. The van der Waals surface area contributed by atoms with Crippen LogP contribution in [0.5, 0.6) is 0 Å². The van der Waals surface area contributed by atoms with Gasteiger partial charge in [-0.25, -0.2) is 8.42 Å². The Hall–Kier alpha value is -1.39. The van der Waals surface area contributed by atoms with Crippen molar-refractivity contribution in [1.82, 2.24) is 14.5 Å². The Morgan fingerprint density at radius 2 is 1.61 bits per heavy atom. The molecule has 41 heavy (non-hydrogen) atoms. The molecule has 0 radical (unpaired) electrons. The van der Waals surface area contributed by atoms with Crippen LogP contribution in [0.15, 0.2) is 47.4 Å². The predicted molar refractivity (Wildman–Crippen MR) is 163 cm³/mol. The molecule has 0 spiro atoms. The van der Waals surface area contributed by atoms with Crippen molar-refractivity contribution in [2.24, 2.45) is 5.92 Å². The first-order chi connectivity index (χ1) is 19.7. The van der Waals surface area contributed by atoms with Gasteiger partial charge in [-0.2, -0.15) is 4.31 Å². The van der Waals surface area contributed by atoms with Crippen LogP contribution >= 0.6 is 34.8 Å². The normalized spacial score (nSPS) is 22.6. The summed E-state index contributed by atoms with van der Waals surface area (Å²) < 4.78 is 33.8. The fourth-order valence-electron chi connectivity index (χ4n) is 6.37. The number of halogens is 3. The van der Waals surface area contributed by atoms with Crippen LogP contribution in [-0.4, -0.2) is 68.5 Å². The number of hydrogen-bond donors (Lipinski definition) is 1. The smallest absolute Gasteiger partial charge is 0.246 e. The minimum absolute atomic E-state index is 0.0151. The highest BCUT2D eigenvalue weighted by Crippen LogP contribution is 2.40. The molecular weight excluding hydrogens is 605 g/mol. The number of benzene rings is 2. The monoisotopic (exact) mass is 641 g/mol. The van der Waals surface area contributed by atoms with Gasteiger partial charge in [0.25, 0.3) is 0 Å². The summed E-state index contributed by atoms with van der Waals surface area (Å²) in [7, 11) is -3.95. The number of carbonyl (C=O) groups is 1. The Morgan fingerprint density at radius 1 is 0.976 bits per heavy atom. The molecule has 7 nitrogen and oxygen atoms in total. The number of sulfonamides is 1. The van der Waals surface area contributed by atoms with Crippen LogP contribution in [0.3, 0.4) is 0 Å². The van der Waals surface area contributed by atoms with Gasteiger partial charge in [-0.05, 0) is 88.1 Å². The lowest BCUT2D eigenvalue weighted by molar-refractivity contribution is -0.126. The van der Waals surface area contributed by atoms with Crippen LogP contribution in [0.2, 0.25) is 15.1 Å². The van der Waals surface area contributed by atoms with E-state index in [1.165, 1.54) is 34.8 Å². The minimum atomic E-state index is -3.95. The van der Waals surface area contributed by atoms with Gasteiger partial charge in [0.15, 0.2) is 0 Å². The van der Waals surface area contributed by atoms with E-state index in [2.05, 4.69) is 40.5 Å². The summed E-state index contributed by atoms with van der Waals surface area (Å²) >= 11 is 18.4. The molecule has 1 atom stereocenters. The molecular formula is C30H38Cl3N3O4S. The maximum atomic E-state index is 13.4. The van der Waals surface area contributed by atoms with Gasteiger partial charge >= 0.3 is 0 Å². The van der Waals surface area contributed by atoms with E-state index in [-0.39, 0.29) is 57.7 Å². The summed E-state index contributed by atoms with van der Waals surface area (Å²) in [6.45, 7) is 2.41. The van der Waals surface area contributed by atoms with Crippen molar-refractivity contribution in [3.63, 3.8) is 0 Å². The van der Waals surface area contributed by atoms with E-state index in [9.17, 15) is 13.2 Å². The van der Waals surface area contributed by atoms with Crippen LogP contribution in [0.1, 0.15) is 63.0 Å². The first-order valence-corrected chi connectivity index (χ1v) is 17.1. The predicted octanol–water partition coefficient (Wildman–Crippen LogP) is 6.33. The molecule has 3 aliphatic rings. The van der Waals surface area contributed by atoms with E-state index >= 15 is 0 Å². The molecule has 1 saturated heterocycles. The van der Waals surface area contributed by atoms with Gasteiger partial charge < -0.3 is 10.1 Å². The Balaban J connectivity index is 1.09. The Kier molecular flexibility index (Phi) is 10.6. The number of amides is 1. The molecule has 3 fully saturated rings. The minimum Gasteiger partial charge on any atom is -0.370 e. The van der Waals surface area contributed by atoms with E-state index in [0.717, 1.165) is 51.6 Å². The van der Waals surface area contributed by atoms with Crippen molar-refractivity contribution in [2.45, 2.75) is 74.4 Å². The molecule has 1 heterocycles. The van der Waals surface area contributed by atoms with E-state index in [4.69, 9.17) is 39.5 Å². The zero-order chi connectivity index (χ0) is 29.0. The summed E-state index contributed by atoms with van der Waals surface area (Å²) in [6.07, 6.45) is 8.09. The first-order valence-electron chi connectivity index (χ1n) is 14.6. The van der Waals surface area contributed by atoms with E-state index in [0.29, 0.717) is 12.0 Å². The van der Waals surface area contributed by atoms with Crippen molar-refractivity contribution in [3.8, 4) is 0 Å². The fraction of sp³-hybridized carbons (Fsp3) is 0.567. The molecule has 224 valence electrons. The number of ether oxygens (including phenoxy) is 1. The van der Waals surface area contributed by atoms with Gasteiger partial charge in [0.2, 0.25) is 15.9 Å². The molecule has 5 rings (SSSR count). The van der Waals surface area contributed by atoms with E-state index in [1.807, 2.05) is 0 Å². The van der Waals surface area contributed by atoms with Crippen molar-refractivity contribution in [1.29, 1.82) is 0 Å². The van der Waals surface area contributed by atoms with Crippen LogP contribution < -0.4 is 5.32 Å². The summed E-state index contributed by atoms with van der Waals surface area (Å²) in [5, 5.41) is 3.37. The standard InChI is InChI=1S/C30H38Cl3N3O4S/c31-23-18-26(32)30(27(33)19-23)41(38,39)36(25-12-13-25)16-17-40-20-28(37)34-24-10-8-22(9-11-24)29(35-14-4-5-15-35)21-6-2-1-3-7-21/h1-3,6-7,18-19,22,24-25,29H,4-5,8-17,20H2,(H,34,37). The molecule has 2 aromatic rings. The Labute approximate surface area is 258 Å². The third-order valence-corrected chi connectivity index (χ3v) is 11.5. The molecule has 0 bridgehead atoms. The Bertz CT molecular complexity index is 1270.